The zero-order valence-corrected chi connectivity index (χ0v) is 20.0. The third-order valence-electron chi connectivity index (χ3n) is 5.90. The van der Waals surface area contributed by atoms with Crippen LogP contribution in [0, 0.1) is 6.92 Å². The molecule has 1 saturated heterocycles. The molecule has 34 heavy (non-hydrogen) atoms. The summed E-state index contributed by atoms with van der Waals surface area (Å²) in [7, 11) is 0. The lowest BCUT2D eigenvalue weighted by atomic mass is 10.1. The van der Waals surface area contributed by atoms with E-state index in [1.807, 2.05) is 53.4 Å². The average molecular weight is 477 g/mol. The number of hydrogen-bond donors (Lipinski definition) is 1. The predicted octanol–water partition coefficient (Wildman–Crippen LogP) is 5.19. The van der Waals surface area contributed by atoms with Crippen molar-refractivity contribution in [2.75, 3.05) is 18.5 Å². The average Bonchev–Trinajstić information content (AvgIpc) is 3.50. The number of nitrogens with one attached hydrogen (secondary N) is 1. The number of aryl methyl sites for hydroxylation is 1. The Morgan fingerprint density at radius 2 is 2.21 bits per heavy atom. The van der Waals surface area contributed by atoms with Gasteiger partial charge in [0, 0.05) is 22.9 Å². The molecule has 1 aromatic carbocycles. The molecule has 3 aromatic heterocycles. The molecule has 5 rings (SSSR count). The van der Waals surface area contributed by atoms with Crippen LogP contribution in [0.3, 0.4) is 0 Å². The van der Waals surface area contributed by atoms with E-state index in [1.54, 1.807) is 17.5 Å². The molecule has 1 amide bonds. The summed E-state index contributed by atoms with van der Waals surface area (Å²) in [5.41, 5.74) is 3.79. The fraction of sp³-hybridized carbons (Fsp3) is 0.346. The Hall–Kier alpha value is -3.07. The van der Waals surface area contributed by atoms with Gasteiger partial charge in [-0.05, 0) is 61.4 Å². The van der Waals surface area contributed by atoms with Crippen LogP contribution in [0.5, 0.6) is 0 Å². The van der Waals surface area contributed by atoms with Gasteiger partial charge in [0.15, 0.2) is 5.65 Å². The Kier molecular flexibility index (Phi) is 6.99. The summed E-state index contributed by atoms with van der Waals surface area (Å²) < 4.78 is 13.4. The number of nitrogens with zero attached hydrogens (tertiary/aromatic N) is 3. The molecule has 1 aliphatic heterocycles. The molecule has 1 atom stereocenters. The first-order chi connectivity index (χ1) is 16.7. The quantitative estimate of drug-likeness (QED) is 0.379. The number of amides is 1. The van der Waals surface area contributed by atoms with Gasteiger partial charge in [0.2, 0.25) is 0 Å². The summed E-state index contributed by atoms with van der Waals surface area (Å²) in [6, 6.07) is 13.7. The highest BCUT2D eigenvalue weighted by atomic mass is 32.1. The van der Waals surface area contributed by atoms with Gasteiger partial charge in [0.25, 0.3) is 5.91 Å². The molecule has 0 bridgehead atoms. The van der Waals surface area contributed by atoms with E-state index in [0.29, 0.717) is 31.0 Å². The molecule has 1 unspecified atom stereocenters. The van der Waals surface area contributed by atoms with E-state index in [2.05, 4.69) is 21.5 Å². The zero-order chi connectivity index (χ0) is 23.3. The number of fused-ring (bicyclic) bond motifs is 1. The number of hydrogen-bond acceptors (Lipinski definition) is 6. The van der Waals surface area contributed by atoms with Crippen LogP contribution in [0.25, 0.3) is 11.0 Å². The van der Waals surface area contributed by atoms with Crippen LogP contribution < -0.4 is 5.32 Å². The molecule has 4 aromatic rings. The minimum atomic E-state index is -0.181. The van der Waals surface area contributed by atoms with Crippen molar-refractivity contribution in [3.05, 3.63) is 75.7 Å². The van der Waals surface area contributed by atoms with Crippen LogP contribution in [0.2, 0.25) is 0 Å². The maximum Gasteiger partial charge on any atom is 0.256 e. The molecule has 7 nitrogen and oxygen atoms in total. The number of benzene rings is 1. The van der Waals surface area contributed by atoms with Crippen molar-refractivity contribution in [2.24, 2.45) is 0 Å². The van der Waals surface area contributed by atoms with Gasteiger partial charge >= 0.3 is 0 Å². The van der Waals surface area contributed by atoms with Crippen molar-refractivity contribution in [3.8, 4) is 0 Å². The zero-order valence-electron chi connectivity index (χ0n) is 19.2. The number of anilines is 1. The molecule has 176 valence electrons. The van der Waals surface area contributed by atoms with E-state index < -0.39 is 0 Å². The SMILES string of the molecule is Cc1cc(C(=O)Nc2cccc(COCC3CCCCO3)c2)c2cnn(Cc3cccs3)c2n1. The summed E-state index contributed by atoms with van der Waals surface area (Å²) >= 11 is 1.68. The van der Waals surface area contributed by atoms with Crippen molar-refractivity contribution in [1.82, 2.24) is 14.8 Å². The summed E-state index contributed by atoms with van der Waals surface area (Å²) in [5.74, 6) is -0.181. The number of rotatable bonds is 8. The monoisotopic (exact) mass is 476 g/mol. The highest BCUT2D eigenvalue weighted by Gasteiger charge is 2.17. The van der Waals surface area contributed by atoms with Crippen LogP contribution in [0.1, 0.15) is 45.8 Å². The van der Waals surface area contributed by atoms with Gasteiger partial charge in [-0.2, -0.15) is 5.10 Å². The predicted molar refractivity (Wildman–Crippen MR) is 133 cm³/mol. The molecular weight excluding hydrogens is 448 g/mol. The second-order valence-corrected chi connectivity index (χ2v) is 9.62. The Labute approximate surface area is 202 Å². The lowest BCUT2D eigenvalue weighted by Crippen LogP contribution is -2.24. The fourth-order valence-corrected chi connectivity index (χ4v) is 4.90. The summed E-state index contributed by atoms with van der Waals surface area (Å²) in [6.45, 7) is 4.43. The van der Waals surface area contributed by atoms with E-state index >= 15 is 0 Å². The number of carbonyl (C=O) groups is 1. The van der Waals surface area contributed by atoms with Gasteiger partial charge in [-0.3, -0.25) is 4.79 Å². The summed E-state index contributed by atoms with van der Waals surface area (Å²) in [4.78, 5) is 19.1. The van der Waals surface area contributed by atoms with Gasteiger partial charge in [0.1, 0.15) is 0 Å². The number of carbonyl (C=O) groups excluding carboxylic acids is 1. The van der Waals surface area contributed by atoms with E-state index in [-0.39, 0.29) is 12.0 Å². The minimum Gasteiger partial charge on any atom is -0.376 e. The van der Waals surface area contributed by atoms with E-state index in [9.17, 15) is 4.79 Å². The third kappa shape index (κ3) is 5.35. The van der Waals surface area contributed by atoms with E-state index in [1.165, 1.54) is 11.3 Å². The van der Waals surface area contributed by atoms with E-state index in [4.69, 9.17) is 9.47 Å². The van der Waals surface area contributed by atoms with Crippen molar-refractivity contribution < 1.29 is 14.3 Å². The van der Waals surface area contributed by atoms with Gasteiger partial charge in [-0.1, -0.05) is 18.2 Å². The van der Waals surface area contributed by atoms with Gasteiger partial charge in [-0.25, -0.2) is 9.67 Å². The molecule has 0 spiro atoms. The van der Waals surface area contributed by atoms with Crippen molar-refractivity contribution in [2.45, 2.75) is 45.4 Å². The highest BCUT2D eigenvalue weighted by molar-refractivity contribution is 7.09. The Balaban J connectivity index is 1.28. The third-order valence-corrected chi connectivity index (χ3v) is 6.76. The van der Waals surface area contributed by atoms with Gasteiger partial charge in [-0.15, -0.1) is 11.3 Å². The van der Waals surface area contributed by atoms with Gasteiger partial charge < -0.3 is 14.8 Å². The molecule has 0 radical (unpaired) electrons. The Morgan fingerprint density at radius 1 is 1.26 bits per heavy atom. The molecule has 4 heterocycles. The van der Waals surface area contributed by atoms with E-state index in [0.717, 1.165) is 41.8 Å². The van der Waals surface area contributed by atoms with Crippen LogP contribution in [-0.4, -0.2) is 40.0 Å². The molecule has 8 heteroatoms. The maximum atomic E-state index is 13.2. The number of pyridine rings is 1. The van der Waals surface area contributed by atoms with Crippen molar-refractivity contribution >= 4 is 34.0 Å². The first kappa shape index (κ1) is 22.7. The molecule has 0 saturated carbocycles. The minimum absolute atomic E-state index is 0.181. The normalized spacial score (nSPS) is 16.1. The van der Waals surface area contributed by atoms with Gasteiger partial charge in [0.05, 0.1) is 43.0 Å². The molecular formula is C26H28N4O3S. The first-order valence-corrected chi connectivity index (χ1v) is 12.5. The Morgan fingerprint density at radius 3 is 3.03 bits per heavy atom. The molecule has 1 fully saturated rings. The summed E-state index contributed by atoms with van der Waals surface area (Å²) in [5, 5.41) is 10.3. The number of thiophene rings is 1. The second kappa shape index (κ2) is 10.5. The maximum absolute atomic E-state index is 13.2. The smallest absolute Gasteiger partial charge is 0.256 e. The topological polar surface area (TPSA) is 78.3 Å². The fourth-order valence-electron chi connectivity index (χ4n) is 4.21. The molecule has 1 N–H and O–H groups in total. The second-order valence-electron chi connectivity index (χ2n) is 8.59. The standard InChI is InChI=1S/C26H28N4O3S/c1-18-12-23(24-14-27-30(25(24)28-18)15-22-9-5-11-34-22)26(31)29-20-7-4-6-19(13-20)16-32-17-21-8-2-3-10-33-21/h4-7,9,11-14,21H,2-3,8,10,15-17H2,1H3,(H,29,31). The van der Waals surface area contributed by atoms with Crippen molar-refractivity contribution in [1.29, 1.82) is 0 Å². The summed E-state index contributed by atoms with van der Waals surface area (Å²) in [6.07, 6.45) is 5.30. The first-order valence-electron chi connectivity index (χ1n) is 11.6. The van der Waals surface area contributed by atoms with Crippen LogP contribution in [-0.2, 0) is 22.6 Å². The highest BCUT2D eigenvalue weighted by Crippen LogP contribution is 2.22. The molecule has 0 aliphatic carbocycles. The lowest BCUT2D eigenvalue weighted by molar-refractivity contribution is -0.0447. The Bertz CT molecular complexity index is 1260. The molecule has 1 aliphatic rings. The number of aromatic nitrogens is 3. The largest absolute Gasteiger partial charge is 0.376 e. The number of ether oxygens (including phenoxy) is 2. The van der Waals surface area contributed by atoms with Crippen LogP contribution in [0.15, 0.2) is 54.0 Å². The van der Waals surface area contributed by atoms with Crippen LogP contribution >= 0.6 is 11.3 Å². The lowest BCUT2D eigenvalue weighted by Gasteiger charge is -2.22. The van der Waals surface area contributed by atoms with Crippen LogP contribution in [0.4, 0.5) is 5.69 Å². The van der Waals surface area contributed by atoms with Crippen molar-refractivity contribution in [3.63, 3.8) is 0 Å².